The number of hydrogen-bond acceptors (Lipinski definition) is 29. The summed E-state index contributed by atoms with van der Waals surface area (Å²) in [6.07, 6.45) is 44.9. The van der Waals surface area contributed by atoms with Crippen molar-refractivity contribution in [1.29, 1.82) is 0 Å². The largest absolute Gasteiger partial charge is 0.433 e. The van der Waals surface area contributed by atoms with Gasteiger partial charge in [-0.25, -0.2) is 34.6 Å². The first-order valence-corrected chi connectivity index (χ1v) is 44.2. The van der Waals surface area contributed by atoms with Crippen LogP contribution in [0.5, 0.6) is 0 Å². The van der Waals surface area contributed by atoms with Gasteiger partial charge in [-0.2, -0.15) is 38.2 Å². The first-order valence-electron chi connectivity index (χ1n) is 44.2. The third kappa shape index (κ3) is 16.2. The Kier molecular flexibility index (Phi) is 23.0. The maximum absolute atomic E-state index is 12.8. The molecule has 0 spiro atoms. The number of halogens is 3. The van der Waals surface area contributed by atoms with Gasteiger partial charge in [-0.05, 0) is 152 Å². The Morgan fingerprint density at radius 2 is 0.748 bits per heavy atom. The van der Waals surface area contributed by atoms with Gasteiger partial charge in [-0.3, -0.25) is 18.3 Å². The summed E-state index contributed by atoms with van der Waals surface area (Å²) in [6, 6.07) is 19.4. The molecule has 0 radical (unpaired) electrons. The molecule has 5 saturated carbocycles. The molecule has 123 heavy (non-hydrogen) atoms. The first-order chi connectivity index (χ1) is 60.3. The summed E-state index contributed by atoms with van der Waals surface area (Å²) in [5, 5.41) is 51.9. The molecule has 4 N–H and O–H groups in total. The molecule has 5 aliphatic heterocycles. The highest BCUT2D eigenvalue weighted by Gasteiger charge is 2.44. The standard InChI is InChI=1S/C24H32N10.C23H25N9.C20H21F3N8.C19H27N7/c1-3-19-23-30-27-16-33(23)20-15-26-24(29-22(20)34(19)18-6-4-5-7-18)28-17-8-9-21(25-14-17)32-12-10-31(2)11-13-32;1-2-19-22-29-25-15-30(22)20-14-24-23(28-21(20)32(19)18-6-3-4-7-18)27-16-8-10-17(11-9-16)31-13-5-12-26-31;1-2-14-18-29-26-11-30(18)15-10-25-19(28-17(15)31(14)13-5-3-4-6-13)27-12-7-8-16(24-9-12)20(21,22)23;1-2-15-18-24-21-12-25(18)16-11-20-19(22-13-7-3-4-8-13)23-17(16)26(15)14-9-5-6-10-14/h8-9,14-16,18-19H,3-7,10-13H2,1-2H3,(H,26,28,29);5,8-15,18-19H,2-4,6-7H2,1H3,(H,24,27,28);7-11,13-14H,2-6H2,1H3,(H,25,27,28);11-15H,2-10H2,1H3,(H,20,22,23)/t2*19-;14-;15-/m1111/s1. The number of likely N-dealkylation sites (N-methyl/N-ethyl adjacent to an activating group) is 1. The van der Waals surface area contributed by atoms with E-state index in [2.05, 4.69) is 173 Å². The average Bonchev–Trinajstić information content (AvgIpc) is 1.74. The molecule has 11 aromatic heterocycles. The average molecular weight is 1670 g/mol. The number of benzene rings is 1. The number of piperazine rings is 1. The topological polar surface area (TPSA) is 337 Å². The minimum Gasteiger partial charge on any atom is -0.354 e. The zero-order chi connectivity index (χ0) is 83.7. The summed E-state index contributed by atoms with van der Waals surface area (Å²) in [6.45, 7) is 12.9. The molecule has 16 heterocycles. The monoisotopic (exact) mass is 1670 g/mol. The number of nitrogens with one attached hydrogen (secondary N) is 4. The molecular weight excluding hydrogens is 1570 g/mol. The van der Waals surface area contributed by atoms with Crippen molar-refractivity contribution in [2.75, 3.05) is 79.0 Å². The van der Waals surface area contributed by atoms with E-state index >= 15 is 0 Å². The predicted octanol–water partition coefficient (Wildman–Crippen LogP) is 15.4. The first kappa shape index (κ1) is 80.3. The van der Waals surface area contributed by atoms with E-state index in [0.717, 1.165) is 175 Å². The predicted molar refractivity (Wildman–Crippen MR) is 461 cm³/mol. The van der Waals surface area contributed by atoms with Gasteiger partial charge in [-0.15, -0.1) is 40.8 Å². The molecule has 1 aromatic carbocycles. The highest BCUT2D eigenvalue weighted by Crippen LogP contribution is 2.49. The van der Waals surface area contributed by atoms with Crippen molar-refractivity contribution in [3.05, 3.63) is 158 Å². The number of aromatic nitrogens is 24. The van der Waals surface area contributed by atoms with Crippen LogP contribution >= 0.6 is 0 Å². The number of rotatable bonds is 18. The Hall–Kier alpha value is -12.4. The van der Waals surface area contributed by atoms with Crippen LogP contribution in [-0.2, 0) is 6.18 Å². The number of pyridine rings is 2. The van der Waals surface area contributed by atoms with Crippen LogP contribution < -0.4 is 45.8 Å². The molecule has 0 unspecified atom stereocenters. The number of nitrogens with zero attached hydrogens (tertiary/aromatic N) is 30. The number of alkyl halides is 3. The highest BCUT2D eigenvalue weighted by atomic mass is 19.4. The summed E-state index contributed by atoms with van der Waals surface area (Å²) in [5.41, 5.74) is 5.97. The lowest BCUT2D eigenvalue weighted by Gasteiger charge is -2.40. The number of anilines is 12. The summed E-state index contributed by atoms with van der Waals surface area (Å²) in [4.78, 5) is 60.7. The van der Waals surface area contributed by atoms with Crippen LogP contribution in [0.15, 0.2) is 129 Å². The Morgan fingerprint density at radius 3 is 1.10 bits per heavy atom. The van der Waals surface area contributed by atoms with Crippen molar-refractivity contribution in [3.8, 4) is 28.4 Å². The molecular formula is C86H105F3N34. The van der Waals surface area contributed by atoms with E-state index in [1.807, 2.05) is 79.7 Å². The number of hydrogen-bond donors (Lipinski definition) is 4. The van der Waals surface area contributed by atoms with Gasteiger partial charge >= 0.3 is 6.18 Å². The summed E-state index contributed by atoms with van der Waals surface area (Å²) in [7, 11) is 2.16. The van der Waals surface area contributed by atoms with Gasteiger partial charge in [-0.1, -0.05) is 91.9 Å². The second-order valence-corrected chi connectivity index (χ2v) is 33.5. The van der Waals surface area contributed by atoms with E-state index in [0.29, 0.717) is 53.7 Å². The molecule has 10 aliphatic rings. The van der Waals surface area contributed by atoms with Gasteiger partial charge in [0, 0.05) is 74.5 Å². The van der Waals surface area contributed by atoms with Crippen LogP contribution in [0.3, 0.4) is 0 Å². The molecule has 37 heteroatoms. The third-order valence-corrected chi connectivity index (χ3v) is 26.0. The molecule has 0 bridgehead atoms. The molecule has 5 aliphatic carbocycles. The van der Waals surface area contributed by atoms with Gasteiger partial charge in [0.1, 0.15) is 59.6 Å². The minimum absolute atomic E-state index is 0.0496. The summed E-state index contributed by atoms with van der Waals surface area (Å²) >= 11 is 0. The molecule has 640 valence electrons. The van der Waals surface area contributed by atoms with Crippen molar-refractivity contribution >= 4 is 69.9 Å². The van der Waals surface area contributed by atoms with E-state index in [-0.39, 0.29) is 24.2 Å². The van der Waals surface area contributed by atoms with E-state index in [4.69, 9.17) is 24.9 Å². The van der Waals surface area contributed by atoms with E-state index < -0.39 is 11.9 Å². The summed E-state index contributed by atoms with van der Waals surface area (Å²) in [5.74, 6) is 10.9. The van der Waals surface area contributed by atoms with Crippen LogP contribution in [0.2, 0.25) is 0 Å². The highest BCUT2D eigenvalue weighted by molar-refractivity contribution is 5.70. The zero-order valence-electron chi connectivity index (χ0n) is 70.2. The van der Waals surface area contributed by atoms with Crippen LogP contribution in [0.1, 0.15) is 235 Å². The van der Waals surface area contributed by atoms with Gasteiger partial charge < -0.3 is 50.7 Å². The number of fused-ring (bicyclic) bond motifs is 12. The molecule has 34 nitrogen and oxygen atoms in total. The molecule has 12 aromatic rings. The molecule has 0 amide bonds. The van der Waals surface area contributed by atoms with E-state index in [9.17, 15) is 13.2 Å². The van der Waals surface area contributed by atoms with Crippen molar-refractivity contribution in [2.24, 2.45) is 0 Å². The smallest absolute Gasteiger partial charge is 0.354 e. The van der Waals surface area contributed by atoms with Crippen molar-refractivity contribution in [1.82, 2.24) is 124 Å². The third-order valence-electron chi connectivity index (χ3n) is 26.0. The lowest BCUT2D eigenvalue weighted by molar-refractivity contribution is -0.141. The molecule has 6 fully saturated rings. The Labute approximate surface area is 711 Å². The fourth-order valence-electron chi connectivity index (χ4n) is 19.9. The lowest BCUT2D eigenvalue weighted by atomic mass is 10.0. The zero-order valence-corrected chi connectivity index (χ0v) is 70.2. The molecule has 1 saturated heterocycles. The Morgan fingerprint density at radius 1 is 0.390 bits per heavy atom. The van der Waals surface area contributed by atoms with E-state index in [1.54, 1.807) is 37.7 Å². The maximum Gasteiger partial charge on any atom is 0.433 e. The minimum atomic E-state index is -4.48. The van der Waals surface area contributed by atoms with Crippen LogP contribution in [0.25, 0.3) is 28.4 Å². The fraction of sp³-hybridized carbons (Fsp3) is 0.500. The van der Waals surface area contributed by atoms with Crippen molar-refractivity contribution in [2.45, 2.75) is 242 Å². The SMILES string of the molecule is CC[C@@H]1c2nncn2-c2cnc(NC3CCCC3)nc2N1C1CCCC1.CC[C@@H]1c2nncn2-c2cnc(Nc3ccc(-n4cccn4)cc3)nc2N1C1CCCC1.CC[C@@H]1c2nncn2-c2cnc(Nc3ccc(C(F)(F)F)nc3)nc2N1C1CCCC1.CC[C@@H]1c2nncn2-c2cnc(Nc3ccc(N4CCN(C)CC4)nc3)nc2N1C1CCCC1. The van der Waals surface area contributed by atoms with E-state index in [1.165, 1.54) is 122 Å². The maximum atomic E-state index is 12.8. The summed E-state index contributed by atoms with van der Waals surface area (Å²) < 4.78 is 48.2. The second-order valence-electron chi connectivity index (χ2n) is 33.5. The fourth-order valence-corrected chi connectivity index (χ4v) is 19.9. The van der Waals surface area contributed by atoms with Crippen LogP contribution in [0, 0.1) is 0 Å². The Balaban J connectivity index is 0.000000108. The quantitative estimate of drug-likeness (QED) is 0.0620. The normalized spacial score (nSPS) is 20.1. The van der Waals surface area contributed by atoms with Gasteiger partial charge in [0.25, 0.3) is 0 Å². The molecule has 4 atom stereocenters. The van der Waals surface area contributed by atoms with Gasteiger partial charge in [0.15, 0.2) is 46.6 Å². The van der Waals surface area contributed by atoms with Gasteiger partial charge in [0.2, 0.25) is 23.8 Å². The van der Waals surface area contributed by atoms with Crippen LogP contribution in [-0.4, -0.2) is 187 Å². The molecule has 22 rings (SSSR count). The second kappa shape index (κ2) is 35.2. The van der Waals surface area contributed by atoms with Crippen molar-refractivity contribution < 1.29 is 13.2 Å². The van der Waals surface area contributed by atoms with Crippen LogP contribution in [0.4, 0.5) is 83.1 Å². The van der Waals surface area contributed by atoms with Crippen molar-refractivity contribution in [3.63, 3.8) is 0 Å². The van der Waals surface area contributed by atoms with Gasteiger partial charge in [0.05, 0.1) is 78.4 Å². The lowest BCUT2D eigenvalue weighted by Crippen LogP contribution is -2.44. The Bertz CT molecular complexity index is 5540.